The van der Waals surface area contributed by atoms with Gasteiger partial charge in [0.15, 0.2) is 11.4 Å². The highest BCUT2D eigenvalue weighted by Crippen LogP contribution is 2.32. The summed E-state index contributed by atoms with van der Waals surface area (Å²) in [6.07, 6.45) is -3.28. The molecule has 0 aliphatic heterocycles. The lowest BCUT2D eigenvalue weighted by Crippen LogP contribution is -2.21. The van der Waals surface area contributed by atoms with E-state index < -0.39 is 23.5 Å². The summed E-state index contributed by atoms with van der Waals surface area (Å²) in [4.78, 5) is 18.4. The van der Waals surface area contributed by atoms with Gasteiger partial charge in [0.2, 0.25) is 0 Å². The zero-order chi connectivity index (χ0) is 20.3. The lowest BCUT2D eigenvalue weighted by molar-refractivity contribution is -0.143. The topological polar surface area (TPSA) is 75.9 Å². The number of alkyl halides is 3. The van der Waals surface area contributed by atoms with Crippen molar-refractivity contribution in [2.75, 3.05) is 19.4 Å². The summed E-state index contributed by atoms with van der Waals surface area (Å²) >= 11 is 0. The summed E-state index contributed by atoms with van der Waals surface area (Å²) in [6.45, 7) is 0.644. The molecule has 0 fully saturated rings. The second kappa shape index (κ2) is 7.77. The van der Waals surface area contributed by atoms with Crippen molar-refractivity contribution in [3.05, 3.63) is 65.6 Å². The van der Waals surface area contributed by atoms with E-state index in [0.29, 0.717) is 11.2 Å². The SMILES string of the molecule is CN(C)Cc1ccc(NC(=O)c2nnn(-c3ccccc3)c2C(F)(F)F)nc1. The maximum absolute atomic E-state index is 13.6. The minimum absolute atomic E-state index is 0.120. The number of aromatic nitrogens is 4. The van der Waals surface area contributed by atoms with Crippen LogP contribution in [0.2, 0.25) is 0 Å². The molecule has 28 heavy (non-hydrogen) atoms. The number of rotatable bonds is 5. The van der Waals surface area contributed by atoms with Crippen molar-refractivity contribution < 1.29 is 18.0 Å². The molecule has 2 heterocycles. The van der Waals surface area contributed by atoms with Crippen LogP contribution in [-0.2, 0) is 12.7 Å². The number of hydrogen-bond acceptors (Lipinski definition) is 5. The number of anilines is 1. The van der Waals surface area contributed by atoms with E-state index in [1.807, 2.05) is 19.0 Å². The third-order valence-electron chi connectivity index (χ3n) is 3.72. The average molecular weight is 390 g/mol. The first-order chi connectivity index (χ1) is 13.3. The van der Waals surface area contributed by atoms with Crippen LogP contribution in [0.1, 0.15) is 21.7 Å². The zero-order valence-electron chi connectivity index (χ0n) is 15.1. The molecule has 146 valence electrons. The van der Waals surface area contributed by atoms with Gasteiger partial charge in [0.25, 0.3) is 5.91 Å². The Morgan fingerprint density at radius 1 is 1.14 bits per heavy atom. The number of para-hydroxylation sites is 1. The van der Waals surface area contributed by atoms with Gasteiger partial charge in [-0.3, -0.25) is 4.79 Å². The van der Waals surface area contributed by atoms with Crippen molar-refractivity contribution >= 4 is 11.7 Å². The van der Waals surface area contributed by atoms with Crippen LogP contribution < -0.4 is 5.32 Å². The summed E-state index contributed by atoms with van der Waals surface area (Å²) < 4.78 is 41.4. The van der Waals surface area contributed by atoms with Gasteiger partial charge in [0.05, 0.1) is 5.69 Å². The Balaban J connectivity index is 1.89. The van der Waals surface area contributed by atoms with Crippen LogP contribution in [0, 0.1) is 0 Å². The van der Waals surface area contributed by atoms with Crippen molar-refractivity contribution in [3.63, 3.8) is 0 Å². The maximum Gasteiger partial charge on any atom is 0.435 e. The van der Waals surface area contributed by atoms with E-state index in [-0.39, 0.29) is 11.5 Å². The Labute approximate surface area is 158 Å². The smallest absolute Gasteiger partial charge is 0.305 e. The molecule has 0 atom stereocenters. The first-order valence-corrected chi connectivity index (χ1v) is 8.25. The third kappa shape index (κ3) is 4.34. The van der Waals surface area contributed by atoms with Crippen LogP contribution in [0.3, 0.4) is 0 Å². The Morgan fingerprint density at radius 3 is 2.43 bits per heavy atom. The summed E-state index contributed by atoms with van der Waals surface area (Å²) in [7, 11) is 3.79. The largest absolute Gasteiger partial charge is 0.435 e. The van der Waals surface area contributed by atoms with Crippen LogP contribution >= 0.6 is 0 Å². The number of nitrogens with zero attached hydrogens (tertiary/aromatic N) is 5. The molecule has 1 N–H and O–H groups in total. The second-order valence-electron chi connectivity index (χ2n) is 6.28. The van der Waals surface area contributed by atoms with Gasteiger partial charge < -0.3 is 10.2 Å². The van der Waals surface area contributed by atoms with Crippen molar-refractivity contribution in [1.82, 2.24) is 24.9 Å². The van der Waals surface area contributed by atoms with Gasteiger partial charge in [-0.05, 0) is 37.9 Å². The van der Waals surface area contributed by atoms with Crippen molar-refractivity contribution in [3.8, 4) is 5.69 Å². The molecule has 2 aromatic heterocycles. The number of pyridine rings is 1. The van der Waals surface area contributed by atoms with Gasteiger partial charge in [0.1, 0.15) is 5.82 Å². The molecular weight excluding hydrogens is 373 g/mol. The molecular formula is C18H17F3N6O. The van der Waals surface area contributed by atoms with Crippen LogP contribution in [0.25, 0.3) is 5.69 Å². The Morgan fingerprint density at radius 2 is 1.86 bits per heavy atom. The molecule has 3 rings (SSSR count). The number of carbonyl (C=O) groups excluding carboxylic acids is 1. The van der Waals surface area contributed by atoms with Crippen LogP contribution in [-0.4, -0.2) is 44.9 Å². The Bertz CT molecular complexity index is 952. The van der Waals surface area contributed by atoms with Crippen LogP contribution in [0.5, 0.6) is 0 Å². The lowest BCUT2D eigenvalue weighted by Gasteiger charge is -2.11. The van der Waals surface area contributed by atoms with Crippen LogP contribution in [0.4, 0.5) is 19.0 Å². The minimum atomic E-state index is -4.82. The minimum Gasteiger partial charge on any atom is -0.305 e. The van der Waals surface area contributed by atoms with E-state index in [2.05, 4.69) is 20.6 Å². The number of halogens is 3. The van der Waals surface area contributed by atoms with E-state index >= 15 is 0 Å². The second-order valence-corrected chi connectivity index (χ2v) is 6.28. The van der Waals surface area contributed by atoms with E-state index in [1.165, 1.54) is 18.2 Å². The highest BCUT2D eigenvalue weighted by atomic mass is 19.4. The van der Waals surface area contributed by atoms with E-state index in [0.717, 1.165) is 5.56 Å². The molecule has 0 bridgehead atoms. The molecule has 3 aromatic rings. The Kier molecular flexibility index (Phi) is 5.41. The monoisotopic (exact) mass is 390 g/mol. The van der Waals surface area contributed by atoms with E-state index in [1.54, 1.807) is 30.5 Å². The maximum atomic E-state index is 13.6. The zero-order valence-corrected chi connectivity index (χ0v) is 15.1. The third-order valence-corrected chi connectivity index (χ3v) is 3.72. The molecule has 1 amide bonds. The molecule has 7 nitrogen and oxygen atoms in total. The van der Waals surface area contributed by atoms with Gasteiger partial charge in [-0.1, -0.05) is 29.5 Å². The normalized spacial score (nSPS) is 11.6. The fourth-order valence-corrected chi connectivity index (χ4v) is 2.57. The summed E-state index contributed by atoms with van der Waals surface area (Å²) in [5.41, 5.74) is -1.03. The number of nitrogens with one attached hydrogen (secondary N) is 1. The molecule has 0 spiro atoms. The van der Waals surface area contributed by atoms with Gasteiger partial charge >= 0.3 is 6.18 Å². The predicted octanol–water partition coefficient (Wildman–Crippen LogP) is 3.00. The molecule has 0 aliphatic rings. The summed E-state index contributed by atoms with van der Waals surface area (Å²) in [5.74, 6) is -0.919. The van der Waals surface area contributed by atoms with Gasteiger partial charge in [0, 0.05) is 12.7 Å². The highest BCUT2D eigenvalue weighted by molar-refractivity contribution is 6.03. The molecule has 0 saturated carbocycles. The molecule has 1 aromatic carbocycles. The molecule has 0 unspecified atom stereocenters. The van der Waals surface area contributed by atoms with Crippen molar-refractivity contribution in [2.24, 2.45) is 0 Å². The number of benzene rings is 1. The lowest BCUT2D eigenvalue weighted by atomic mass is 10.2. The molecule has 0 saturated heterocycles. The van der Waals surface area contributed by atoms with Crippen molar-refractivity contribution in [2.45, 2.75) is 12.7 Å². The number of carbonyl (C=O) groups is 1. The molecule has 0 aliphatic carbocycles. The van der Waals surface area contributed by atoms with Gasteiger partial charge in [-0.25, -0.2) is 9.67 Å². The van der Waals surface area contributed by atoms with E-state index in [9.17, 15) is 18.0 Å². The summed E-state index contributed by atoms with van der Waals surface area (Å²) in [6, 6.07) is 10.9. The van der Waals surface area contributed by atoms with Crippen LogP contribution in [0.15, 0.2) is 48.7 Å². The standard InChI is InChI=1S/C18H17F3N6O/c1-26(2)11-12-8-9-14(22-10-12)23-17(28)15-16(18(19,20)21)27(25-24-15)13-6-4-3-5-7-13/h3-10H,11H2,1-2H3,(H,22,23,28). The fraction of sp³-hybridized carbons (Fsp3) is 0.222. The fourth-order valence-electron chi connectivity index (χ4n) is 2.57. The molecule has 10 heteroatoms. The van der Waals surface area contributed by atoms with E-state index in [4.69, 9.17) is 0 Å². The number of hydrogen-bond donors (Lipinski definition) is 1. The summed E-state index contributed by atoms with van der Waals surface area (Å²) in [5, 5.41) is 9.32. The highest BCUT2D eigenvalue weighted by Gasteiger charge is 2.42. The average Bonchev–Trinajstić information content (AvgIpc) is 3.09. The molecule has 0 radical (unpaired) electrons. The van der Waals surface area contributed by atoms with Gasteiger partial charge in [-0.15, -0.1) is 5.10 Å². The van der Waals surface area contributed by atoms with Crippen molar-refractivity contribution in [1.29, 1.82) is 0 Å². The first-order valence-electron chi connectivity index (χ1n) is 8.25. The number of amides is 1. The van der Waals surface area contributed by atoms with Gasteiger partial charge in [-0.2, -0.15) is 13.2 Å². The first kappa shape index (κ1) is 19.5. The predicted molar refractivity (Wildman–Crippen MR) is 95.9 cm³/mol. The quantitative estimate of drug-likeness (QED) is 0.725. The Hall–Kier alpha value is -3.27.